The van der Waals surface area contributed by atoms with Gasteiger partial charge in [-0.2, -0.15) is 0 Å². The Morgan fingerprint density at radius 3 is 3.00 bits per heavy atom. The molecule has 0 aromatic carbocycles. The molecule has 3 amide bonds. The van der Waals surface area contributed by atoms with Crippen molar-refractivity contribution in [2.45, 2.75) is 24.9 Å². The minimum absolute atomic E-state index is 0.0285. The van der Waals surface area contributed by atoms with Crippen molar-refractivity contribution in [1.82, 2.24) is 15.5 Å². The molecule has 3 atom stereocenters. The van der Waals surface area contributed by atoms with Gasteiger partial charge < -0.3 is 25.4 Å². The van der Waals surface area contributed by atoms with Crippen LogP contribution in [0.3, 0.4) is 0 Å². The third-order valence-electron chi connectivity index (χ3n) is 3.79. The van der Waals surface area contributed by atoms with E-state index in [1.165, 1.54) is 7.11 Å². The monoisotopic (exact) mass is 285 g/mol. The van der Waals surface area contributed by atoms with Gasteiger partial charge in [0.15, 0.2) is 6.04 Å². The van der Waals surface area contributed by atoms with Crippen LogP contribution in [0.4, 0.5) is 4.79 Å². The molecule has 0 bridgehead atoms. The van der Waals surface area contributed by atoms with E-state index in [1.54, 1.807) is 4.90 Å². The molecule has 2 saturated heterocycles. The Bertz CT molecular complexity index is 414. The number of nitrogens with zero attached hydrogens (tertiary/aromatic N) is 1. The normalized spacial score (nSPS) is 26.6. The van der Waals surface area contributed by atoms with Crippen molar-refractivity contribution >= 4 is 17.9 Å². The van der Waals surface area contributed by atoms with Crippen molar-refractivity contribution in [3.05, 3.63) is 0 Å². The summed E-state index contributed by atoms with van der Waals surface area (Å²) in [4.78, 5) is 36.4. The molecule has 2 aliphatic rings. The first-order valence-electron chi connectivity index (χ1n) is 6.61. The van der Waals surface area contributed by atoms with Gasteiger partial charge in [-0.25, -0.2) is 9.59 Å². The molecule has 2 aliphatic heterocycles. The number of carboxylic acids is 1. The number of piperidine rings is 1. The number of carboxylic acid groups (broad SMARTS) is 1. The van der Waals surface area contributed by atoms with Crippen molar-refractivity contribution in [2.24, 2.45) is 5.92 Å². The number of likely N-dealkylation sites (tertiary alicyclic amines) is 1. The van der Waals surface area contributed by atoms with Crippen molar-refractivity contribution in [2.75, 3.05) is 26.8 Å². The number of amides is 3. The fourth-order valence-electron chi connectivity index (χ4n) is 2.78. The lowest BCUT2D eigenvalue weighted by atomic mass is 9.92. The SMILES string of the molecule is COCC(NC(=O)N1CCCC2C(=O)NCC21)C(=O)O. The highest BCUT2D eigenvalue weighted by Gasteiger charge is 2.43. The van der Waals surface area contributed by atoms with Crippen molar-refractivity contribution < 1.29 is 24.2 Å². The van der Waals surface area contributed by atoms with Gasteiger partial charge in [-0.05, 0) is 12.8 Å². The van der Waals surface area contributed by atoms with E-state index in [1.807, 2.05) is 0 Å². The predicted molar refractivity (Wildman–Crippen MR) is 68.1 cm³/mol. The summed E-state index contributed by atoms with van der Waals surface area (Å²) in [6.45, 7) is 0.862. The van der Waals surface area contributed by atoms with Crippen molar-refractivity contribution in [1.29, 1.82) is 0 Å². The first-order chi connectivity index (χ1) is 9.54. The fraction of sp³-hybridized carbons (Fsp3) is 0.750. The zero-order valence-electron chi connectivity index (χ0n) is 11.3. The number of fused-ring (bicyclic) bond motifs is 1. The highest BCUT2D eigenvalue weighted by atomic mass is 16.5. The van der Waals surface area contributed by atoms with Crippen LogP contribution >= 0.6 is 0 Å². The average molecular weight is 285 g/mol. The summed E-state index contributed by atoms with van der Waals surface area (Å²) in [7, 11) is 1.37. The molecule has 0 aromatic rings. The van der Waals surface area contributed by atoms with Gasteiger partial charge in [-0.1, -0.05) is 0 Å². The largest absolute Gasteiger partial charge is 0.480 e. The Kier molecular flexibility index (Phi) is 4.43. The van der Waals surface area contributed by atoms with Gasteiger partial charge in [-0.15, -0.1) is 0 Å². The van der Waals surface area contributed by atoms with Crippen LogP contribution in [0.5, 0.6) is 0 Å². The molecule has 0 aromatic heterocycles. The summed E-state index contributed by atoms with van der Waals surface area (Å²) in [5, 5.41) is 14.2. The molecule has 3 N–H and O–H groups in total. The summed E-state index contributed by atoms with van der Waals surface area (Å²) in [6, 6.07) is -1.73. The number of aliphatic carboxylic acids is 1. The lowest BCUT2D eigenvalue weighted by Gasteiger charge is -2.36. The van der Waals surface area contributed by atoms with E-state index in [0.717, 1.165) is 12.8 Å². The average Bonchev–Trinajstić information content (AvgIpc) is 2.80. The van der Waals surface area contributed by atoms with E-state index < -0.39 is 18.0 Å². The number of carbonyl (C=O) groups excluding carboxylic acids is 2. The molecule has 2 rings (SSSR count). The van der Waals surface area contributed by atoms with Crippen molar-refractivity contribution in [3.63, 3.8) is 0 Å². The van der Waals surface area contributed by atoms with E-state index in [4.69, 9.17) is 9.84 Å². The topological polar surface area (TPSA) is 108 Å². The summed E-state index contributed by atoms with van der Waals surface area (Å²) in [5.74, 6) is -1.35. The Labute approximate surface area is 116 Å². The number of urea groups is 1. The fourth-order valence-corrected chi connectivity index (χ4v) is 2.78. The van der Waals surface area contributed by atoms with E-state index in [9.17, 15) is 14.4 Å². The second kappa shape index (κ2) is 6.08. The van der Waals surface area contributed by atoms with Crippen LogP contribution in [0.15, 0.2) is 0 Å². The minimum atomic E-state index is -1.14. The number of ether oxygens (including phenoxy) is 1. The van der Waals surface area contributed by atoms with Gasteiger partial charge in [0.05, 0.1) is 18.6 Å². The Morgan fingerprint density at radius 1 is 1.60 bits per heavy atom. The zero-order chi connectivity index (χ0) is 14.7. The molecule has 20 heavy (non-hydrogen) atoms. The molecule has 0 saturated carbocycles. The van der Waals surface area contributed by atoms with Crippen LogP contribution in [-0.4, -0.2) is 66.8 Å². The van der Waals surface area contributed by atoms with Crippen LogP contribution in [0.1, 0.15) is 12.8 Å². The molecule has 0 aliphatic carbocycles. The first-order valence-corrected chi connectivity index (χ1v) is 6.61. The van der Waals surface area contributed by atoms with Gasteiger partial charge in [0.1, 0.15) is 0 Å². The van der Waals surface area contributed by atoms with Crippen LogP contribution in [-0.2, 0) is 14.3 Å². The number of hydrogen-bond donors (Lipinski definition) is 3. The number of rotatable bonds is 4. The quantitative estimate of drug-likeness (QED) is 0.614. The lowest BCUT2D eigenvalue weighted by Crippen LogP contribution is -2.56. The third kappa shape index (κ3) is 2.84. The molecule has 112 valence electrons. The number of carbonyl (C=O) groups is 3. The van der Waals surface area contributed by atoms with Crippen molar-refractivity contribution in [3.8, 4) is 0 Å². The van der Waals surface area contributed by atoms with E-state index in [-0.39, 0.29) is 24.5 Å². The highest BCUT2D eigenvalue weighted by Crippen LogP contribution is 2.27. The lowest BCUT2D eigenvalue weighted by molar-refractivity contribution is -0.140. The second-order valence-corrected chi connectivity index (χ2v) is 5.05. The summed E-state index contributed by atoms with van der Waals surface area (Å²) in [6.07, 6.45) is 1.50. The zero-order valence-corrected chi connectivity index (χ0v) is 11.3. The van der Waals surface area contributed by atoms with Crippen LogP contribution < -0.4 is 10.6 Å². The standard InChI is InChI=1S/C12H19N3O5/c1-20-6-8(11(17)18)14-12(19)15-4-2-3-7-9(15)5-13-10(7)16/h7-9H,2-6H2,1H3,(H,13,16)(H,14,19)(H,17,18). The van der Waals surface area contributed by atoms with E-state index in [0.29, 0.717) is 13.1 Å². The molecule has 0 spiro atoms. The molecule has 2 fully saturated rings. The maximum absolute atomic E-state index is 12.2. The molecule has 2 heterocycles. The van der Waals surface area contributed by atoms with E-state index >= 15 is 0 Å². The Balaban J connectivity index is 2.01. The molecule has 3 unspecified atom stereocenters. The van der Waals surface area contributed by atoms with Gasteiger partial charge in [-0.3, -0.25) is 4.79 Å². The molecular weight excluding hydrogens is 266 g/mol. The van der Waals surface area contributed by atoms with Gasteiger partial charge in [0, 0.05) is 20.2 Å². The maximum atomic E-state index is 12.2. The maximum Gasteiger partial charge on any atom is 0.328 e. The third-order valence-corrected chi connectivity index (χ3v) is 3.79. The molecule has 8 nitrogen and oxygen atoms in total. The van der Waals surface area contributed by atoms with E-state index in [2.05, 4.69) is 10.6 Å². The van der Waals surface area contributed by atoms with Gasteiger partial charge in [0.2, 0.25) is 5.91 Å². The van der Waals surface area contributed by atoms with Crippen LogP contribution in [0, 0.1) is 5.92 Å². The molecule has 8 heteroatoms. The molecular formula is C12H19N3O5. The number of nitrogens with one attached hydrogen (secondary N) is 2. The predicted octanol–water partition coefficient (Wildman–Crippen LogP) is -0.994. The highest BCUT2D eigenvalue weighted by molar-refractivity contribution is 5.86. The smallest absolute Gasteiger partial charge is 0.328 e. The summed E-state index contributed by atoms with van der Waals surface area (Å²) >= 11 is 0. The van der Waals surface area contributed by atoms with Crippen LogP contribution in [0.25, 0.3) is 0 Å². The van der Waals surface area contributed by atoms with Crippen LogP contribution in [0.2, 0.25) is 0 Å². The summed E-state index contributed by atoms with van der Waals surface area (Å²) in [5.41, 5.74) is 0. The minimum Gasteiger partial charge on any atom is -0.480 e. The Hall–Kier alpha value is -1.83. The number of hydrogen-bond acceptors (Lipinski definition) is 4. The molecule has 0 radical (unpaired) electrons. The second-order valence-electron chi connectivity index (χ2n) is 5.05. The van der Waals surface area contributed by atoms with Gasteiger partial charge >= 0.3 is 12.0 Å². The first kappa shape index (κ1) is 14.6. The summed E-state index contributed by atoms with van der Waals surface area (Å²) < 4.78 is 4.78. The Morgan fingerprint density at radius 2 is 2.35 bits per heavy atom. The van der Waals surface area contributed by atoms with Gasteiger partial charge in [0.25, 0.3) is 0 Å². The number of methoxy groups -OCH3 is 1.